The van der Waals surface area contributed by atoms with Crippen LogP contribution in [0.4, 0.5) is 0 Å². The fourth-order valence-electron chi connectivity index (χ4n) is 2.15. The quantitative estimate of drug-likeness (QED) is 0.646. The van der Waals surface area contributed by atoms with Crippen LogP contribution in [0.5, 0.6) is 0 Å². The van der Waals surface area contributed by atoms with Gasteiger partial charge in [-0.2, -0.15) is 0 Å². The number of nitrogens with one attached hydrogen (secondary N) is 1. The summed E-state index contributed by atoms with van der Waals surface area (Å²) in [5, 5.41) is 12.5. The maximum atomic E-state index is 9.31. The third kappa shape index (κ3) is 5.34. The second-order valence-corrected chi connectivity index (χ2v) is 5.57. The molecule has 1 atom stereocenters. The van der Waals surface area contributed by atoms with E-state index in [2.05, 4.69) is 29.1 Å². The van der Waals surface area contributed by atoms with Gasteiger partial charge in [0.15, 0.2) is 0 Å². The Hall–Kier alpha value is -0.160. The van der Waals surface area contributed by atoms with Crippen molar-refractivity contribution in [1.29, 1.82) is 0 Å². The van der Waals surface area contributed by atoms with E-state index < -0.39 is 0 Å². The zero-order valence-electron chi connectivity index (χ0n) is 11.7. The first-order valence-electron chi connectivity index (χ1n) is 6.80. The normalized spacial score (nSPS) is 21.0. The van der Waals surface area contributed by atoms with Gasteiger partial charge in [-0.3, -0.25) is 0 Å². The zero-order valence-corrected chi connectivity index (χ0v) is 11.7. The van der Waals surface area contributed by atoms with Gasteiger partial charge in [-0.15, -0.1) is 0 Å². The number of hydrogen-bond acceptors (Lipinski definition) is 4. The van der Waals surface area contributed by atoms with Crippen molar-refractivity contribution in [3.8, 4) is 0 Å². The van der Waals surface area contributed by atoms with Gasteiger partial charge in [0.2, 0.25) is 0 Å². The molecule has 0 aromatic heterocycles. The molecule has 0 spiro atoms. The molecule has 1 saturated heterocycles. The molecule has 2 N–H and O–H groups in total. The van der Waals surface area contributed by atoms with E-state index in [1.807, 2.05) is 7.05 Å². The van der Waals surface area contributed by atoms with Gasteiger partial charge in [0.1, 0.15) is 0 Å². The van der Waals surface area contributed by atoms with Gasteiger partial charge >= 0.3 is 0 Å². The summed E-state index contributed by atoms with van der Waals surface area (Å²) in [5.41, 5.74) is -0.137. The summed E-state index contributed by atoms with van der Waals surface area (Å²) in [6, 6.07) is 0. The first kappa shape index (κ1) is 14.9. The molecular formula is C13H29N3O. The molecule has 0 aliphatic carbocycles. The molecule has 0 aromatic carbocycles. The summed E-state index contributed by atoms with van der Waals surface area (Å²) < 4.78 is 0. The average molecular weight is 243 g/mol. The Morgan fingerprint density at radius 2 is 1.94 bits per heavy atom. The highest BCUT2D eigenvalue weighted by molar-refractivity contribution is 4.81. The van der Waals surface area contributed by atoms with E-state index in [4.69, 9.17) is 0 Å². The van der Waals surface area contributed by atoms with Crippen LogP contribution >= 0.6 is 0 Å². The Morgan fingerprint density at radius 3 is 2.47 bits per heavy atom. The van der Waals surface area contributed by atoms with Gasteiger partial charge in [-0.05, 0) is 59.9 Å². The number of hydrogen-bond donors (Lipinski definition) is 2. The van der Waals surface area contributed by atoms with E-state index in [0.717, 1.165) is 19.5 Å². The molecule has 1 rings (SSSR count). The molecule has 4 heteroatoms. The van der Waals surface area contributed by atoms with Crippen LogP contribution in [0.2, 0.25) is 0 Å². The number of aliphatic hydroxyl groups is 1. The lowest BCUT2D eigenvalue weighted by molar-refractivity contribution is 0.155. The molecule has 17 heavy (non-hydrogen) atoms. The Kier molecular flexibility index (Phi) is 6.41. The van der Waals surface area contributed by atoms with Crippen LogP contribution in [0, 0.1) is 0 Å². The second-order valence-electron chi connectivity index (χ2n) is 5.57. The molecule has 1 heterocycles. The van der Waals surface area contributed by atoms with E-state index in [-0.39, 0.29) is 12.1 Å². The number of nitrogens with zero attached hydrogens (tertiary/aromatic N) is 2. The fraction of sp³-hybridized carbons (Fsp3) is 1.00. The maximum absolute atomic E-state index is 9.31. The lowest BCUT2D eigenvalue weighted by Crippen LogP contribution is -2.46. The SMILES string of the molecule is CNC(C)(CO)CCN(C)CCN1CCCC1. The molecule has 0 aromatic rings. The van der Waals surface area contributed by atoms with Crippen molar-refractivity contribution in [3.05, 3.63) is 0 Å². The van der Waals surface area contributed by atoms with Crippen LogP contribution in [-0.4, -0.2) is 73.9 Å². The molecule has 0 radical (unpaired) electrons. The van der Waals surface area contributed by atoms with E-state index in [9.17, 15) is 5.11 Å². The van der Waals surface area contributed by atoms with Gasteiger partial charge in [0.25, 0.3) is 0 Å². The maximum Gasteiger partial charge on any atom is 0.0610 e. The van der Waals surface area contributed by atoms with Crippen LogP contribution in [0.15, 0.2) is 0 Å². The minimum Gasteiger partial charge on any atom is -0.394 e. The smallest absolute Gasteiger partial charge is 0.0610 e. The lowest BCUT2D eigenvalue weighted by Gasteiger charge is -2.29. The summed E-state index contributed by atoms with van der Waals surface area (Å²) in [4.78, 5) is 4.91. The predicted octanol–water partition coefficient (Wildman–Crippen LogP) is 0.375. The zero-order chi connectivity index (χ0) is 12.7. The summed E-state index contributed by atoms with van der Waals surface area (Å²) in [5.74, 6) is 0. The van der Waals surface area contributed by atoms with E-state index in [0.29, 0.717) is 0 Å². The molecule has 1 unspecified atom stereocenters. The largest absolute Gasteiger partial charge is 0.394 e. The van der Waals surface area contributed by atoms with Crippen molar-refractivity contribution in [1.82, 2.24) is 15.1 Å². The lowest BCUT2D eigenvalue weighted by atomic mass is 9.99. The third-order valence-electron chi connectivity index (χ3n) is 3.99. The highest BCUT2D eigenvalue weighted by Crippen LogP contribution is 2.09. The minimum absolute atomic E-state index is 0.137. The number of aliphatic hydroxyl groups excluding tert-OH is 1. The van der Waals surface area contributed by atoms with Gasteiger partial charge in [-0.1, -0.05) is 0 Å². The Morgan fingerprint density at radius 1 is 1.29 bits per heavy atom. The standard InChI is InChI=1S/C13H29N3O/c1-13(12-17,14-2)6-9-15(3)10-11-16-7-4-5-8-16/h14,17H,4-12H2,1-3H3. The first-order valence-corrected chi connectivity index (χ1v) is 6.80. The number of rotatable bonds is 8. The monoisotopic (exact) mass is 243 g/mol. The number of likely N-dealkylation sites (N-methyl/N-ethyl adjacent to an activating group) is 2. The van der Waals surface area contributed by atoms with Crippen LogP contribution in [-0.2, 0) is 0 Å². The number of likely N-dealkylation sites (tertiary alicyclic amines) is 1. The van der Waals surface area contributed by atoms with Crippen molar-refractivity contribution >= 4 is 0 Å². The molecule has 102 valence electrons. The Balaban J connectivity index is 2.13. The van der Waals surface area contributed by atoms with Gasteiger partial charge in [0, 0.05) is 18.6 Å². The topological polar surface area (TPSA) is 38.7 Å². The molecule has 0 saturated carbocycles. The highest BCUT2D eigenvalue weighted by Gasteiger charge is 2.21. The van der Waals surface area contributed by atoms with Gasteiger partial charge < -0.3 is 20.2 Å². The van der Waals surface area contributed by atoms with E-state index in [1.165, 1.54) is 32.5 Å². The van der Waals surface area contributed by atoms with Crippen LogP contribution in [0.1, 0.15) is 26.2 Å². The molecular weight excluding hydrogens is 214 g/mol. The molecule has 0 bridgehead atoms. The second kappa shape index (κ2) is 7.31. The van der Waals surface area contributed by atoms with E-state index >= 15 is 0 Å². The summed E-state index contributed by atoms with van der Waals surface area (Å²) >= 11 is 0. The van der Waals surface area contributed by atoms with Crippen molar-refractivity contribution in [2.24, 2.45) is 0 Å². The fourth-order valence-corrected chi connectivity index (χ4v) is 2.15. The van der Waals surface area contributed by atoms with Crippen LogP contribution < -0.4 is 5.32 Å². The van der Waals surface area contributed by atoms with Crippen molar-refractivity contribution in [2.75, 3.05) is 53.4 Å². The Bertz CT molecular complexity index is 201. The molecule has 1 fully saturated rings. The third-order valence-corrected chi connectivity index (χ3v) is 3.99. The van der Waals surface area contributed by atoms with Crippen LogP contribution in [0.25, 0.3) is 0 Å². The molecule has 1 aliphatic heterocycles. The van der Waals surface area contributed by atoms with E-state index in [1.54, 1.807) is 0 Å². The van der Waals surface area contributed by atoms with Crippen molar-refractivity contribution < 1.29 is 5.11 Å². The van der Waals surface area contributed by atoms with Crippen LogP contribution in [0.3, 0.4) is 0 Å². The van der Waals surface area contributed by atoms with Crippen molar-refractivity contribution in [2.45, 2.75) is 31.7 Å². The minimum atomic E-state index is -0.137. The first-order chi connectivity index (χ1) is 8.09. The van der Waals surface area contributed by atoms with Gasteiger partial charge in [-0.25, -0.2) is 0 Å². The molecule has 0 amide bonds. The van der Waals surface area contributed by atoms with Crippen molar-refractivity contribution in [3.63, 3.8) is 0 Å². The average Bonchev–Trinajstić information content (AvgIpc) is 2.86. The summed E-state index contributed by atoms with van der Waals surface area (Å²) in [7, 11) is 4.09. The predicted molar refractivity (Wildman–Crippen MR) is 72.3 cm³/mol. The highest BCUT2D eigenvalue weighted by atomic mass is 16.3. The molecule has 1 aliphatic rings. The summed E-state index contributed by atoms with van der Waals surface area (Å²) in [6.45, 7) is 8.17. The van der Waals surface area contributed by atoms with Gasteiger partial charge in [0.05, 0.1) is 6.61 Å². The molecule has 4 nitrogen and oxygen atoms in total. The summed E-state index contributed by atoms with van der Waals surface area (Å²) in [6.07, 6.45) is 3.72. The Labute approximate surface area is 106 Å².